The lowest BCUT2D eigenvalue weighted by Crippen LogP contribution is -2.40. The van der Waals surface area contributed by atoms with Gasteiger partial charge in [-0.1, -0.05) is 12.7 Å². The summed E-state index contributed by atoms with van der Waals surface area (Å²) >= 11 is -1.01. The van der Waals surface area contributed by atoms with Crippen molar-refractivity contribution in [3.63, 3.8) is 0 Å². The van der Waals surface area contributed by atoms with Gasteiger partial charge >= 0.3 is 0 Å². The lowest BCUT2D eigenvalue weighted by molar-refractivity contribution is -0.127. The molecule has 5 nitrogen and oxygen atoms in total. The van der Waals surface area contributed by atoms with E-state index >= 15 is 0 Å². The molecule has 3 atom stereocenters. The Morgan fingerprint density at radius 3 is 2.62 bits per heavy atom. The molecular formula is C15H27NO4S. The minimum atomic E-state index is -1.01. The zero-order valence-electron chi connectivity index (χ0n) is 13.1. The van der Waals surface area contributed by atoms with Crippen molar-refractivity contribution in [2.45, 2.75) is 37.5 Å². The molecule has 21 heavy (non-hydrogen) atoms. The molecule has 0 fully saturated rings. The molecule has 0 saturated carbocycles. The van der Waals surface area contributed by atoms with E-state index in [-0.39, 0.29) is 12.5 Å². The number of aliphatic hydroxyl groups is 2. The van der Waals surface area contributed by atoms with Crippen LogP contribution in [-0.2, 0) is 16.0 Å². The Kier molecular flexibility index (Phi) is 9.61. The van der Waals surface area contributed by atoms with Crippen molar-refractivity contribution in [3.05, 3.63) is 24.8 Å². The van der Waals surface area contributed by atoms with Crippen molar-refractivity contribution in [1.82, 2.24) is 4.90 Å². The molecule has 6 heteroatoms. The maximum Gasteiger partial charge on any atom is 0.246 e. The first kappa shape index (κ1) is 20.2. The largest absolute Gasteiger partial charge is 0.616 e. The number of amides is 1. The molecule has 0 aliphatic carbocycles. The van der Waals surface area contributed by atoms with Crippen LogP contribution >= 0.6 is 0 Å². The summed E-state index contributed by atoms with van der Waals surface area (Å²) in [4.78, 5) is 13.2. The minimum Gasteiger partial charge on any atom is -0.616 e. The molecule has 0 aromatic rings. The number of hydrogen-bond donors (Lipinski definition) is 2. The van der Waals surface area contributed by atoms with Crippen molar-refractivity contribution in [1.29, 1.82) is 0 Å². The predicted molar refractivity (Wildman–Crippen MR) is 86.4 cm³/mol. The second-order valence-corrected chi connectivity index (χ2v) is 7.04. The predicted octanol–water partition coefficient (Wildman–Crippen LogP) is 0.848. The second-order valence-electron chi connectivity index (χ2n) is 5.20. The van der Waals surface area contributed by atoms with E-state index in [1.807, 2.05) is 26.0 Å². The van der Waals surface area contributed by atoms with Crippen LogP contribution in [0.4, 0.5) is 0 Å². The summed E-state index contributed by atoms with van der Waals surface area (Å²) in [5.74, 6) is -0.284. The van der Waals surface area contributed by atoms with Crippen molar-refractivity contribution in [3.8, 4) is 0 Å². The third-order valence-corrected chi connectivity index (χ3v) is 5.06. The van der Waals surface area contributed by atoms with E-state index < -0.39 is 28.6 Å². The highest BCUT2D eigenvalue weighted by atomic mass is 32.2. The van der Waals surface area contributed by atoms with Gasteiger partial charge in [-0.05, 0) is 43.6 Å². The smallest absolute Gasteiger partial charge is 0.246 e. The lowest BCUT2D eigenvalue weighted by atomic mass is 10.0. The number of carbonyl (C=O) groups excluding carboxylic acids is 1. The molecule has 0 aliphatic heterocycles. The topological polar surface area (TPSA) is 83.8 Å². The highest BCUT2D eigenvalue weighted by Gasteiger charge is 2.30. The van der Waals surface area contributed by atoms with Gasteiger partial charge < -0.3 is 19.7 Å². The van der Waals surface area contributed by atoms with Crippen molar-refractivity contribution in [2.75, 3.05) is 26.0 Å². The quantitative estimate of drug-likeness (QED) is 0.355. The van der Waals surface area contributed by atoms with E-state index in [0.29, 0.717) is 19.4 Å². The van der Waals surface area contributed by atoms with Gasteiger partial charge in [-0.15, -0.1) is 0 Å². The molecule has 122 valence electrons. The van der Waals surface area contributed by atoms with E-state index in [9.17, 15) is 14.5 Å². The fraction of sp³-hybridized carbons (Fsp3) is 0.667. The monoisotopic (exact) mass is 317 g/mol. The lowest BCUT2D eigenvalue weighted by Gasteiger charge is -2.29. The third kappa shape index (κ3) is 7.13. The molecule has 2 N–H and O–H groups in total. The molecule has 0 radical (unpaired) electrons. The van der Waals surface area contributed by atoms with E-state index in [2.05, 4.69) is 6.58 Å². The summed E-state index contributed by atoms with van der Waals surface area (Å²) in [5.41, 5.74) is 0. The molecule has 0 rings (SSSR count). The zero-order valence-corrected chi connectivity index (χ0v) is 13.9. The summed E-state index contributed by atoms with van der Waals surface area (Å²) in [6.07, 6.45) is 7.01. The fourth-order valence-electron chi connectivity index (χ4n) is 2.03. The van der Waals surface area contributed by atoms with Crippen LogP contribution in [0.5, 0.6) is 0 Å². The molecule has 0 spiro atoms. The number of carbonyl (C=O) groups is 1. The SMILES string of the molecule is C=CC(=O)N(CCCC(C)(C=CC)[S+](C)[O-])CC(O)CO. The van der Waals surface area contributed by atoms with Gasteiger partial charge in [0.15, 0.2) is 0 Å². The average molecular weight is 317 g/mol. The van der Waals surface area contributed by atoms with E-state index in [1.165, 1.54) is 11.0 Å². The van der Waals surface area contributed by atoms with Gasteiger partial charge in [0, 0.05) is 19.5 Å². The Morgan fingerprint density at radius 1 is 1.57 bits per heavy atom. The number of aliphatic hydroxyl groups excluding tert-OH is 2. The Bertz CT molecular complexity index is 360. The van der Waals surface area contributed by atoms with Crippen LogP contribution in [0.3, 0.4) is 0 Å². The number of nitrogens with zero attached hydrogens (tertiary/aromatic N) is 1. The zero-order chi connectivity index (χ0) is 16.5. The Morgan fingerprint density at radius 2 is 2.19 bits per heavy atom. The summed E-state index contributed by atoms with van der Waals surface area (Å²) in [6.45, 7) is 7.34. The van der Waals surface area contributed by atoms with E-state index in [0.717, 1.165) is 0 Å². The van der Waals surface area contributed by atoms with Crippen LogP contribution in [0, 0.1) is 0 Å². The summed E-state index contributed by atoms with van der Waals surface area (Å²) in [6, 6.07) is 0. The van der Waals surface area contributed by atoms with Gasteiger partial charge in [0.1, 0.15) is 4.75 Å². The first-order valence-corrected chi connectivity index (χ1v) is 8.54. The van der Waals surface area contributed by atoms with Crippen LogP contribution in [-0.4, -0.2) is 62.4 Å². The van der Waals surface area contributed by atoms with Crippen LogP contribution in [0.15, 0.2) is 24.8 Å². The van der Waals surface area contributed by atoms with Gasteiger partial charge in [-0.25, -0.2) is 0 Å². The number of hydrogen-bond acceptors (Lipinski definition) is 4. The summed E-state index contributed by atoms with van der Waals surface area (Å²) < 4.78 is 11.4. The molecule has 0 saturated heterocycles. The highest BCUT2D eigenvalue weighted by Crippen LogP contribution is 2.24. The Balaban J connectivity index is 4.60. The highest BCUT2D eigenvalue weighted by molar-refractivity contribution is 7.92. The normalized spacial score (nSPS) is 17.2. The van der Waals surface area contributed by atoms with Crippen LogP contribution in [0.25, 0.3) is 0 Å². The van der Waals surface area contributed by atoms with Gasteiger partial charge in [-0.3, -0.25) is 4.79 Å². The van der Waals surface area contributed by atoms with Gasteiger partial charge in [0.05, 0.1) is 19.0 Å². The molecule has 0 aromatic heterocycles. The maximum atomic E-state index is 11.8. The van der Waals surface area contributed by atoms with Crippen molar-refractivity contribution >= 4 is 17.1 Å². The second kappa shape index (κ2) is 10.00. The molecule has 0 aromatic carbocycles. The maximum absolute atomic E-state index is 11.8. The van der Waals surface area contributed by atoms with Gasteiger partial charge in [-0.2, -0.15) is 0 Å². The van der Waals surface area contributed by atoms with Gasteiger partial charge in [0.2, 0.25) is 5.91 Å². The summed E-state index contributed by atoms with van der Waals surface area (Å²) in [5, 5.41) is 18.3. The first-order chi connectivity index (χ1) is 9.80. The van der Waals surface area contributed by atoms with E-state index in [1.54, 1.807) is 6.26 Å². The van der Waals surface area contributed by atoms with Crippen LogP contribution in [0.2, 0.25) is 0 Å². The minimum absolute atomic E-state index is 0.0664. The molecule has 1 amide bonds. The van der Waals surface area contributed by atoms with Crippen LogP contribution < -0.4 is 0 Å². The summed E-state index contributed by atoms with van der Waals surface area (Å²) in [7, 11) is 0. The van der Waals surface area contributed by atoms with Crippen molar-refractivity contribution < 1.29 is 19.6 Å². The average Bonchev–Trinajstić information content (AvgIpc) is 2.45. The van der Waals surface area contributed by atoms with Gasteiger partial charge in [0.25, 0.3) is 0 Å². The first-order valence-electron chi connectivity index (χ1n) is 6.98. The Labute approximate surface area is 130 Å². The number of allylic oxidation sites excluding steroid dienone is 1. The van der Waals surface area contributed by atoms with E-state index in [4.69, 9.17) is 5.11 Å². The fourth-order valence-corrected chi connectivity index (χ4v) is 2.79. The van der Waals surface area contributed by atoms with Crippen molar-refractivity contribution in [2.24, 2.45) is 0 Å². The number of rotatable bonds is 10. The molecule has 0 bridgehead atoms. The molecule has 0 heterocycles. The third-order valence-electron chi connectivity index (χ3n) is 3.41. The van der Waals surface area contributed by atoms with Crippen LogP contribution in [0.1, 0.15) is 26.7 Å². The molecular weight excluding hydrogens is 290 g/mol. The molecule has 0 aliphatic rings. The molecule has 3 unspecified atom stereocenters. The Hall–Kier alpha value is -0.820. The standard InChI is InChI=1S/C15H27NO4S/c1-5-8-15(3,21(4)20)9-7-10-16(14(19)6-2)11-13(18)12-17/h5-6,8,13,17-18H,2,7,9-12H2,1,3-4H3.